The van der Waals surface area contributed by atoms with Crippen molar-refractivity contribution in [2.24, 2.45) is 5.73 Å². The minimum Gasteiger partial charge on any atom is -0.392 e. The number of hydrogen-bond acceptors (Lipinski definition) is 2. The first-order valence-electron chi connectivity index (χ1n) is 6.40. The van der Waals surface area contributed by atoms with E-state index in [1.54, 1.807) is 0 Å². The third-order valence-electron chi connectivity index (χ3n) is 1.41. The molecular weight excluding hydrogens is 210 g/mol. The van der Waals surface area contributed by atoms with Gasteiger partial charge < -0.3 is 10.8 Å². The average molecular weight is 243 g/mol. The maximum atomic E-state index is 8.96. The minimum absolute atomic E-state index is 0.267. The molecule has 0 aromatic heterocycles. The fourth-order valence-corrected chi connectivity index (χ4v) is 0.748. The van der Waals surface area contributed by atoms with Crippen molar-refractivity contribution in [2.45, 2.75) is 66.4 Å². The topological polar surface area (TPSA) is 46.2 Å². The summed E-state index contributed by atoms with van der Waals surface area (Å²) < 4.78 is 0. The van der Waals surface area contributed by atoms with Crippen LogP contribution >= 0.6 is 0 Å². The first kappa shape index (κ1) is 21.7. The summed E-state index contributed by atoms with van der Waals surface area (Å²) in [5, 5.41) is 8.96. The van der Waals surface area contributed by atoms with Crippen LogP contribution < -0.4 is 5.73 Å². The van der Waals surface area contributed by atoms with Gasteiger partial charge in [0, 0.05) is 6.54 Å². The van der Waals surface area contributed by atoms with E-state index in [0.717, 1.165) is 12.8 Å². The van der Waals surface area contributed by atoms with Gasteiger partial charge in [0.25, 0.3) is 0 Å². The summed E-state index contributed by atoms with van der Waals surface area (Å²) in [6.45, 7) is 17.6. The molecule has 0 aromatic carbocycles. The van der Waals surface area contributed by atoms with Crippen LogP contribution in [0, 0.1) is 0 Å². The van der Waals surface area contributed by atoms with Crippen molar-refractivity contribution >= 4 is 0 Å². The quantitative estimate of drug-likeness (QED) is 0.565. The summed E-state index contributed by atoms with van der Waals surface area (Å²) in [6.07, 6.45) is 4.12. The van der Waals surface area contributed by atoms with Gasteiger partial charge in [-0.15, -0.1) is 13.2 Å². The lowest BCUT2D eigenvalue weighted by molar-refractivity contribution is 0.169. The van der Waals surface area contributed by atoms with Crippen LogP contribution in [0.15, 0.2) is 24.3 Å². The molecule has 0 aromatic rings. The molecule has 0 aliphatic carbocycles. The molecular formula is C15H33NO. The Morgan fingerprint density at radius 2 is 1.41 bits per heavy atom. The number of aliphatic hydroxyl groups is 1. The maximum absolute atomic E-state index is 8.96. The highest BCUT2D eigenvalue weighted by Crippen LogP contribution is 2.01. The van der Waals surface area contributed by atoms with E-state index in [1.165, 1.54) is 24.0 Å². The Balaban J connectivity index is -0.000000205. The Hall–Kier alpha value is -0.600. The van der Waals surface area contributed by atoms with Crippen LogP contribution in [0.4, 0.5) is 0 Å². The Morgan fingerprint density at radius 1 is 1.06 bits per heavy atom. The number of nitrogens with two attached hydrogens (primary N) is 1. The molecule has 1 atom stereocenters. The number of unbranched alkanes of at least 4 members (excludes halogenated alkanes) is 2. The smallest absolute Gasteiger partial charge is 0.0662 e. The molecule has 17 heavy (non-hydrogen) atoms. The van der Waals surface area contributed by atoms with Crippen LogP contribution in [0.5, 0.6) is 0 Å². The van der Waals surface area contributed by atoms with Gasteiger partial charge in [0.05, 0.1) is 6.10 Å². The molecule has 0 aliphatic rings. The molecule has 1 unspecified atom stereocenters. The largest absolute Gasteiger partial charge is 0.392 e. The van der Waals surface area contributed by atoms with Gasteiger partial charge in [-0.2, -0.15) is 0 Å². The lowest BCUT2D eigenvalue weighted by Gasteiger charge is -2.04. The zero-order valence-corrected chi connectivity index (χ0v) is 12.6. The van der Waals surface area contributed by atoms with Gasteiger partial charge in [0.15, 0.2) is 0 Å². The second-order valence-electron chi connectivity index (χ2n) is 4.80. The van der Waals surface area contributed by atoms with E-state index in [9.17, 15) is 0 Å². The van der Waals surface area contributed by atoms with E-state index in [1.807, 2.05) is 27.7 Å². The van der Waals surface area contributed by atoms with E-state index in [0.29, 0.717) is 6.54 Å². The van der Waals surface area contributed by atoms with Crippen LogP contribution in [-0.2, 0) is 0 Å². The van der Waals surface area contributed by atoms with E-state index in [2.05, 4.69) is 20.1 Å². The predicted octanol–water partition coefficient (Wildman–Crippen LogP) is 4.05. The molecule has 0 amide bonds. The van der Waals surface area contributed by atoms with Crippen molar-refractivity contribution in [3.05, 3.63) is 24.3 Å². The lowest BCUT2D eigenvalue weighted by atomic mass is 10.1. The highest BCUT2D eigenvalue weighted by atomic mass is 16.3. The van der Waals surface area contributed by atoms with Crippen LogP contribution in [0.3, 0.4) is 0 Å². The van der Waals surface area contributed by atoms with Gasteiger partial charge in [-0.3, -0.25) is 0 Å². The van der Waals surface area contributed by atoms with Crippen LogP contribution in [0.25, 0.3) is 0 Å². The second kappa shape index (κ2) is 17.8. The molecule has 0 radical (unpaired) electrons. The molecule has 0 heterocycles. The van der Waals surface area contributed by atoms with Gasteiger partial charge >= 0.3 is 0 Å². The fourth-order valence-electron chi connectivity index (χ4n) is 0.748. The first-order chi connectivity index (χ1) is 7.77. The maximum Gasteiger partial charge on any atom is 0.0662 e. The monoisotopic (exact) mass is 243 g/mol. The van der Waals surface area contributed by atoms with Crippen LogP contribution in [-0.4, -0.2) is 17.8 Å². The van der Waals surface area contributed by atoms with E-state index in [-0.39, 0.29) is 6.10 Å². The summed E-state index contributed by atoms with van der Waals surface area (Å²) >= 11 is 0. The minimum atomic E-state index is -0.267. The van der Waals surface area contributed by atoms with E-state index < -0.39 is 0 Å². The molecule has 3 N–H and O–H groups in total. The Kier molecular flexibility index (Phi) is 22.7. The zero-order valence-electron chi connectivity index (χ0n) is 12.6. The van der Waals surface area contributed by atoms with E-state index in [4.69, 9.17) is 10.8 Å². The lowest BCUT2D eigenvalue weighted by Crippen LogP contribution is -2.19. The Bertz CT molecular complexity index is 156. The summed E-state index contributed by atoms with van der Waals surface area (Å²) in [4.78, 5) is 0. The van der Waals surface area contributed by atoms with Crippen molar-refractivity contribution < 1.29 is 5.11 Å². The van der Waals surface area contributed by atoms with Gasteiger partial charge in [-0.25, -0.2) is 0 Å². The molecule has 0 aliphatic heterocycles. The van der Waals surface area contributed by atoms with Crippen molar-refractivity contribution in [1.82, 2.24) is 0 Å². The van der Waals surface area contributed by atoms with Gasteiger partial charge in [-0.05, 0) is 34.1 Å². The van der Waals surface area contributed by atoms with Crippen molar-refractivity contribution in [3.63, 3.8) is 0 Å². The fraction of sp³-hybridized carbons (Fsp3) is 0.733. The molecule has 0 spiro atoms. The first-order valence-corrected chi connectivity index (χ1v) is 6.40. The molecule has 0 saturated heterocycles. The number of allylic oxidation sites excluding steroid dienone is 2. The van der Waals surface area contributed by atoms with E-state index >= 15 is 0 Å². The normalized spacial score (nSPS) is 10.3. The number of aliphatic hydroxyl groups excluding tert-OH is 1. The average Bonchev–Trinajstić information content (AvgIpc) is 2.16. The predicted molar refractivity (Wildman–Crippen MR) is 80.2 cm³/mol. The van der Waals surface area contributed by atoms with Crippen molar-refractivity contribution in [1.29, 1.82) is 0 Å². The Labute approximate surface area is 109 Å². The highest BCUT2D eigenvalue weighted by Gasteiger charge is 1.97. The SMILES string of the molecule is C=C(C)C.C=C(C)C.CCCCCC(O)CN. The molecule has 2 heteroatoms. The summed E-state index contributed by atoms with van der Waals surface area (Å²) in [5.41, 5.74) is 7.54. The van der Waals surface area contributed by atoms with Gasteiger partial charge in [0.1, 0.15) is 0 Å². The van der Waals surface area contributed by atoms with Crippen molar-refractivity contribution in [2.75, 3.05) is 6.54 Å². The zero-order chi connectivity index (χ0) is 14.3. The molecule has 2 nitrogen and oxygen atoms in total. The van der Waals surface area contributed by atoms with Gasteiger partial charge in [-0.1, -0.05) is 37.3 Å². The Morgan fingerprint density at radius 3 is 1.65 bits per heavy atom. The van der Waals surface area contributed by atoms with Crippen LogP contribution in [0.2, 0.25) is 0 Å². The van der Waals surface area contributed by atoms with Crippen LogP contribution in [0.1, 0.15) is 60.3 Å². The van der Waals surface area contributed by atoms with Crippen molar-refractivity contribution in [3.8, 4) is 0 Å². The third kappa shape index (κ3) is 67.5. The molecule has 104 valence electrons. The molecule has 0 fully saturated rings. The van der Waals surface area contributed by atoms with Gasteiger partial charge in [0.2, 0.25) is 0 Å². The summed E-state index contributed by atoms with van der Waals surface area (Å²) in [6, 6.07) is 0. The third-order valence-corrected chi connectivity index (χ3v) is 1.41. The molecule has 0 rings (SSSR count). The molecule has 0 saturated carbocycles. The summed E-state index contributed by atoms with van der Waals surface area (Å²) in [7, 11) is 0. The molecule has 0 bridgehead atoms. The summed E-state index contributed by atoms with van der Waals surface area (Å²) in [5.74, 6) is 0. The number of rotatable bonds is 5. The number of hydrogen-bond donors (Lipinski definition) is 2. The highest BCUT2D eigenvalue weighted by molar-refractivity contribution is 4.79. The second-order valence-corrected chi connectivity index (χ2v) is 4.80. The standard InChI is InChI=1S/C7H17NO.2C4H8/c1-2-3-4-5-7(9)6-8;2*1-4(2)3/h7,9H,2-6,8H2,1H3;2*1H2,2-3H3.